The van der Waals surface area contributed by atoms with Crippen molar-refractivity contribution in [2.24, 2.45) is 0 Å². The Morgan fingerprint density at radius 2 is 2.38 bits per heavy atom. The van der Waals surface area contributed by atoms with Gasteiger partial charge in [0.05, 0.1) is 11.4 Å². The third-order valence-electron chi connectivity index (χ3n) is 1.98. The van der Waals surface area contributed by atoms with Gasteiger partial charge in [0, 0.05) is 19.3 Å². The third kappa shape index (κ3) is 3.90. The maximum atomic E-state index is 10.5. The molecule has 0 aliphatic rings. The lowest BCUT2D eigenvalue weighted by Crippen LogP contribution is -2.26. The zero-order valence-electron chi connectivity index (χ0n) is 8.77. The van der Waals surface area contributed by atoms with Crippen LogP contribution in [0.2, 0.25) is 5.02 Å². The summed E-state index contributed by atoms with van der Waals surface area (Å²) in [6.07, 6.45) is 3.31. The van der Waals surface area contributed by atoms with Crippen LogP contribution in [0.1, 0.15) is 6.42 Å². The number of aromatic nitrogens is 1. The number of hydrogen-bond donors (Lipinski definition) is 1. The number of hydrogen-bond acceptors (Lipinski definition) is 3. The molecular formula is C11H13ClN2O2. The van der Waals surface area contributed by atoms with Crippen molar-refractivity contribution in [1.29, 1.82) is 0 Å². The number of anilines is 1. The monoisotopic (exact) mass is 240 g/mol. The first-order valence-corrected chi connectivity index (χ1v) is 5.20. The summed E-state index contributed by atoms with van der Waals surface area (Å²) in [6, 6.07) is 3.48. The molecule has 0 atom stereocenters. The summed E-state index contributed by atoms with van der Waals surface area (Å²) in [5, 5.41) is 9.18. The van der Waals surface area contributed by atoms with E-state index >= 15 is 0 Å². The number of aliphatic carboxylic acids is 1. The van der Waals surface area contributed by atoms with Gasteiger partial charge in [-0.25, -0.2) is 4.98 Å². The van der Waals surface area contributed by atoms with Gasteiger partial charge in [0.1, 0.15) is 5.82 Å². The predicted molar refractivity (Wildman–Crippen MR) is 63.9 cm³/mol. The van der Waals surface area contributed by atoms with Crippen molar-refractivity contribution in [2.45, 2.75) is 6.42 Å². The van der Waals surface area contributed by atoms with E-state index in [2.05, 4.69) is 11.6 Å². The Balaban J connectivity index is 2.72. The molecule has 1 N–H and O–H groups in total. The Bertz CT molecular complexity index is 365. The standard InChI is InChI=1S/C11H13ClN2O2/c1-2-6-14(7-5-11(15)16)10-4-3-9(12)8-13-10/h2-4,8H,1,5-7H2,(H,15,16). The molecule has 0 amide bonds. The average molecular weight is 241 g/mol. The molecule has 5 heteroatoms. The lowest BCUT2D eigenvalue weighted by Gasteiger charge is -2.21. The van der Waals surface area contributed by atoms with Gasteiger partial charge in [-0.2, -0.15) is 0 Å². The highest BCUT2D eigenvalue weighted by Crippen LogP contribution is 2.14. The molecule has 0 bridgehead atoms. The summed E-state index contributed by atoms with van der Waals surface area (Å²) in [6.45, 7) is 4.58. The second-order valence-corrected chi connectivity index (χ2v) is 3.65. The van der Waals surface area contributed by atoms with E-state index in [1.165, 1.54) is 6.20 Å². The minimum atomic E-state index is -0.831. The van der Waals surface area contributed by atoms with Crippen LogP contribution in [0.5, 0.6) is 0 Å². The van der Waals surface area contributed by atoms with Crippen LogP contribution in [0.15, 0.2) is 31.0 Å². The molecule has 4 nitrogen and oxygen atoms in total. The summed E-state index contributed by atoms with van der Waals surface area (Å²) in [5.41, 5.74) is 0. The molecule has 0 aliphatic heterocycles. The maximum absolute atomic E-state index is 10.5. The van der Waals surface area contributed by atoms with Crippen LogP contribution in [0, 0.1) is 0 Å². The second-order valence-electron chi connectivity index (χ2n) is 3.21. The highest BCUT2D eigenvalue weighted by Gasteiger charge is 2.08. The van der Waals surface area contributed by atoms with Gasteiger partial charge in [-0.1, -0.05) is 17.7 Å². The molecule has 0 radical (unpaired) electrons. The summed E-state index contributed by atoms with van der Waals surface area (Å²) < 4.78 is 0. The van der Waals surface area contributed by atoms with Gasteiger partial charge in [0.15, 0.2) is 0 Å². The number of carboxylic acid groups (broad SMARTS) is 1. The number of halogens is 1. The van der Waals surface area contributed by atoms with Crippen molar-refractivity contribution >= 4 is 23.4 Å². The summed E-state index contributed by atoms with van der Waals surface area (Å²) in [4.78, 5) is 16.5. The second kappa shape index (κ2) is 6.12. The molecule has 1 aromatic rings. The molecule has 0 saturated heterocycles. The Morgan fingerprint density at radius 3 is 2.88 bits per heavy atom. The summed E-state index contributed by atoms with van der Waals surface area (Å²) >= 11 is 5.73. The van der Waals surface area contributed by atoms with Crippen molar-refractivity contribution in [3.05, 3.63) is 36.0 Å². The minimum Gasteiger partial charge on any atom is -0.481 e. The Labute approximate surface area is 99.2 Å². The van der Waals surface area contributed by atoms with E-state index in [1.54, 1.807) is 18.2 Å². The Hall–Kier alpha value is -1.55. The quantitative estimate of drug-likeness (QED) is 0.775. The van der Waals surface area contributed by atoms with E-state index in [9.17, 15) is 4.79 Å². The van der Waals surface area contributed by atoms with Crippen LogP contribution in [0.4, 0.5) is 5.82 Å². The molecule has 0 spiro atoms. The molecule has 0 aliphatic carbocycles. The first-order valence-electron chi connectivity index (χ1n) is 4.82. The summed E-state index contributed by atoms with van der Waals surface area (Å²) in [5.74, 6) is -0.131. The van der Waals surface area contributed by atoms with E-state index in [-0.39, 0.29) is 6.42 Å². The number of pyridine rings is 1. The van der Waals surface area contributed by atoms with Crippen LogP contribution >= 0.6 is 11.6 Å². The normalized spacial score (nSPS) is 9.81. The van der Waals surface area contributed by atoms with Gasteiger partial charge in [-0.15, -0.1) is 6.58 Å². The van der Waals surface area contributed by atoms with Crippen LogP contribution in [-0.4, -0.2) is 29.1 Å². The first kappa shape index (κ1) is 12.5. The largest absolute Gasteiger partial charge is 0.481 e. The van der Waals surface area contributed by atoms with E-state index in [0.717, 1.165) is 0 Å². The predicted octanol–water partition coefficient (Wildman–Crippen LogP) is 2.20. The minimum absolute atomic E-state index is 0.0676. The smallest absolute Gasteiger partial charge is 0.305 e. The molecule has 1 rings (SSSR count). The van der Waals surface area contributed by atoms with Gasteiger partial charge in [0.25, 0.3) is 0 Å². The van der Waals surface area contributed by atoms with Crippen LogP contribution < -0.4 is 4.90 Å². The molecule has 1 aromatic heterocycles. The van der Waals surface area contributed by atoms with Crippen LogP contribution in [0.3, 0.4) is 0 Å². The SMILES string of the molecule is C=CCN(CCC(=O)O)c1ccc(Cl)cn1. The third-order valence-corrected chi connectivity index (χ3v) is 2.20. The highest BCUT2D eigenvalue weighted by atomic mass is 35.5. The lowest BCUT2D eigenvalue weighted by atomic mass is 10.3. The molecule has 0 saturated carbocycles. The van der Waals surface area contributed by atoms with E-state index in [0.29, 0.717) is 23.9 Å². The van der Waals surface area contributed by atoms with Crippen LogP contribution in [-0.2, 0) is 4.79 Å². The van der Waals surface area contributed by atoms with Crippen molar-refractivity contribution in [2.75, 3.05) is 18.0 Å². The van der Waals surface area contributed by atoms with E-state index in [1.807, 2.05) is 4.90 Å². The fourth-order valence-corrected chi connectivity index (χ4v) is 1.35. The zero-order valence-corrected chi connectivity index (χ0v) is 9.52. The Morgan fingerprint density at radius 1 is 1.62 bits per heavy atom. The van der Waals surface area contributed by atoms with Crippen molar-refractivity contribution in [3.8, 4) is 0 Å². The highest BCUT2D eigenvalue weighted by molar-refractivity contribution is 6.30. The molecule has 0 fully saturated rings. The number of rotatable bonds is 6. The molecular weight excluding hydrogens is 228 g/mol. The fraction of sp³-hybridized carbons (Fsp3) is 0.273. The lowest BCUT2D eigenvalue weighted by molar-refractivity contribution is -0.136. The fourth-order valence-electron chi connectivity index (χ4n) is 1.24. The maximum Gasteiger partial charge on any atom is 0.305 e. The van der Waals surface area contributed by atoms with Gasteiger partial charge in [0.2, 0.25) is 0 Å². The van der Waals surface area contributed by atoms with Gasteiger partial charge in [-0.05, 0) is 12.1 Å². The number of nitrogens with zero attached hydrogens (tertiary/aromatic N) is 2. The zero-order chi connectivity index (χ0) is 12.0. The average Bonchev–Trinajstić information content (AvgIpc) is 2.25. The van der Waals surface area contributed by atoms with Crippen LogP contribution in [0.25, 0.3) is 0 Å². The molecule has 86 valence electrons. The molecule has 0 aromatic carbocycles. The molecule has 1 heterocycles. The van der Waals surface area contributed by atoms with Gasteiger partial charge < -0.3 is 10.0 Å². The van der Waals surface area contributed by atoms with Crippen molar-refractivity contribution in [1.82, 2.24) is 4.98 Å². The Kier molecular flexibility index (Phi) is 4.79. The summed E-state index contributed by atoms with van der Waals surface area (Å²) in [7, 11) is 0. The topological polar surface area (TPSA) is 53.4 Å². The first-order chi connectivity index (χ1) is 7.63. The molecule has 16 heavy (non-hydrogen) atoms. The van der Waals surface area contributed by atoms with E-state index < -0.39 is 5.97 Å². The van der Waals surface area contributed by atoms with Crippen molar-refractivity contribution < 1.29 is 9.90 Å². The number of carbonyl (C=O) groups is 1. The van der Waals surface area contributed by atoms with Gasteiger partial charge >= 0.3 is 5.97 Å². The van der Waals surface area contributed by atoms with E-state index in [4.69, 9.17) is 16.7 Å². The number of carboxylic acids is 1. The molecule has 0 unspecified atom stereocenters. The van der Waals surface area contributed by atoms with Gasteiger partial charge in [-0.3, -0.25) is 4.79 Å². The van der Waals surface area contributed by atoms with Crippen molar-refractivity contribution in [3.63, 3.8) is 0 Å².